The molecule has 0 spiro atoms. The highest BCUT2D eigenvalue weighted by Gasteiger charge is 2.40. The monoisotopic (exact) mass is 596 g/mol. The Hall–Kier alpha value is -5.64. The van der Waals surface area contributed by atoms with Crippen LogP contribution in [-0.2, 0) is 4.57 Å². The molecule has 1 unspecified atom stereocenters. The fourth-order valence-corrected chi connectivity index (χ4v) is 9.68. The van der Waals surface area contributed by atoms with Crippen LogP contribution >= 0.6 is 7.14 Å². The van der Waals surface area contributed by atoms with E-state index in [-0.39, 0.29) is 0 Å². The van der Waals surface area contributed by atoms with Gasteiger partial charge in [0.1, 0.15) is 0 Å². The molecule has 0 bridgehead atoms. The lowest BCUT2D eigenvalue weighted by atomic mass is 10.0. The first kappa shape index (κ1) is 25.8. The first-order chi connectivity index (χ1) is 22.2. The maximum Gasteiger partial charge on any atom is 0.238 e. The van der Waals surface area contributed by atoms with E-state index in [0.717, 1.165) is 60.0 Å². The minimum atomic E-state index is -3.14. The Morgan fingerprint density at radius 2 is 1.04 bits per heavy atom. The van der Waals surface area contributed by atoms with Crippen LogP contribution in [0.3, 0.4) is 0 Å². The van der Waals surface area contributed by atoms with Crippen LogP contribution in [-0.4, -0.2) is 19.5 Å². The number of hydrogen-bond donors (Lipinski definition) is 0. The minimum Gasteiger partial charge on any atom is -0.309 e. The third kappa shape index (κ3) is 3.88. The number of benzene rings is 6. The van der Waals surface area contributed by atoms with Gasteiger partial charge in [-0.05, 0) is 29.3 Å². The molecule has 2 aromatic heterocycles. The van der Waals surface area contributed by atoms with Crippen LogP contribution in [0, 0.1) is 0 Å². The van der Waals surface area contributed by atoms with Gasteiger partial charge >= 0.3 is 0 Å². The van der Waals surface area contributed by atoms with Crippen LogP contribution in [0.2, 0.25) is 0 Å². The first-order valence-corrected chi connectivity index (χ1v) is 16.6. The molecule has 0 fully saturated rings. The van der Waals surface area contributed by atoms with Crippen molar-refractivity contribution in [2.45, 2.75) is 0 Å². The maximum absolute atomic E-state index is 15.4. The Balaban J connectivity index is 1.38. The molecule has 0 radical (unpaired) electrons. The summed E-state index contributed by atoms with van der Waals surface area (Å²) in [5.74, 6) is 1.70. The van der Waals surface area contributed by atoms with Crippen molar-refractivity contribution in [1.29, 1.82) is 0 Å². The quantitative estimate of drug-likeness (QED) is 0.194. The highest BCUT2D eigenvalue weighted by atomic mass is 31.2. The molecule has 1 atom stereocenters. The molecule has 0 saturated carbocycles. The van der Waals surface area contributed by atoms with Crippen LogP contribution in [0.4, 0.5) is 0 Å². The molecule has 6 heteroatoms. The van der Waals surface area contributed by atoms with E-state index >= 15 is 4.57 Å². The second-order valence-corrected chi connectivity index (χ2v) is 13.9. The number of aromatic nitrogens is 4. The fourth-order valence-electron chi connectivity index (χ4n) is 6.62. The average Bonchev–Trinajstić information content (AvgIpc) is 3.58. The second kappa shape index (κ2) is 9.95. The van der Waals surface area contributed by atoms with Gasteiger partial charge in [0.25, 0.3) is 0 Å². The van der Waals surface area contributed by atoms with Crippen molar-refractivity contribution in [2.75, 3.05) is 0 Å². The molecule has 5 nitrogen and oxygen atoms in total. The molecule has 1 aliphatic heterocycles. The molecule has 8 aromatic rings. The molecule has 6 aromatic carbocycles. The standard InChI is InChI=1S/C39H25N4OP/c44-45(28-18-8-3-9-19-28)35-23-13-11-21-30(35)32-24-31-29-20-10-12-22-33(29)43(34(31)25-36(32)45)39-41-37(26-14-4-1-5-15-26)40-38(42-39)27-16-6-2-7-17-27/h1-25H. The summed E-state index contributed by atoms with van der Waals surface area (Å²) in [5, 5.41) is 4.69. The molecule has 0 aliphatic carbocycles. The SMILES string of the molecule is O=P1(c2ccccc2)c2ccccc2-c2cc3c4ccccc4n(-c4nc(-c5ccccc5)nc(-c5ccccc5)n4)c3cc21. The Morgan fingerprint density at radius 3 is 1.73 bits per heavy atom. The molecule has 0 N–H and O–H groups in total. The van der Waals surface area contributed by atoms with E-state index in [1.165, 1.54) is 0 Å². The summed E-state index contributed by atoms with van der Waals surface area (Å²) >= 11 is 0. The Labute approximate surface area is 259 Å². The van der Waals surface area contributed by atoms with Crippen LogP contribution in [0.25, 0.3) is 61.7 Å². The second-order valence-electron chi connectivity index (χ2n) is 11.2. The van der Waals surface area contributed by atoms with Crippen LogP contribution in [0.1, 0.15) is 0 Å². The van der Waals surface area contributed by atoms with Gasteiger partial charge in [0.2, 0.25) is 5.95 Å². The molecule has 9 rings (SSSR count). The molecule has 3 heterocycles. The van der Waals surface area contributed by atoms with Crippen LogP contribution < -0.4 is 15.9 Å². The number of nitrogens with zero attached hydrogens (tertiary/aromatic N) is 4. The summed E-state index contributed by atoms with van der Waals surface area (Å²) in [6.07, 6.45) is 0. The number of rotatable bonds is 4. The van der Waals surface area contributed by atoms with Gasteiger partial charge in [0, 0.05) is 37.8 Å². The van der Waals surface area contributed by atoms with Crippen molar-refractivity contribution in [3.8, 4) is 39.9 Å². The molecule has 1 aliphatic rings. The van der Waals surface area contributed by atoms with Gasteiger partial charge in [-0.1, -0.05) is 133 Å². The van der Waals surface area contributed by atoms with E-state index in [1.54, 1.807) is 0 Å². The van der Waals surface area contributed by atoms with Gasteiger partial charge in [-0.15, -0.1) is 0 Å². The topological polar surface area (TPSA) is 60.7 Å². The smallest absolute Gasteiger partial charge is 0.238 e. The zero-order valence-corrected chi connectivity index (χ0v) is 25.0. The lowest BCUT2D eigenvalue weighted by Gasteiger charge is -2.16. The van der Waals surface area contributed by atoms with E-state index in [9.17, 15) is 0 Å². The number of fused-ring (bicyclic) bond motifs is 6. The molecule has 45 heavy (non-hydrogen) atoms. The van der Waals surface area contributed by atoms with E-state index in [4.69, 9.17) is 15.0 Å². The first-order valence-electron chi connectivity index (χ1n) is 14.9. The molecule has 0 saturated heterocycles. The number of hydrogen-bond acceptors (Lipinski definition) is 4. The van der Waals surface area contributed by atoms with Gasteiger partial charge < -0.3 is 4.57 Å². The summed E-state index contributed by atoms with van der Waals surface area (Å²) in [6, 6.07) is 50.6. The summed E-state index contributed by atoms with van der Waals surface area (Å²) in [6.45, 7) is 0. The Bertz CT molecular complexity index is 2400. The molecular weight excluding hydrogens is 571 g/mol. The predicted molar refractivity (Wildman–Crippen MR) is 183 cm³/mol. The van der Waals surface area contributed by atoms with Crippen LogP contribution in [0.5, 0.6) is 0 Å². The lowest BCUT2D eigenvalue weighted by molar-refractivity contribution is 0.593. The Morgan fingerprint density at radius 1 is 0.467 bits per heavy atom. The predicted octanol–water partition coefficient (Wildman–Crippen LogP) is 7.92. The third-order valence-corrected chi connectivity index (χ3v) is 11.8. The van der Waals surface area contributed by atoms with E-state index < -0.39 is 7.14 Å². The van der Waals surface area contributed by atoms with Crippen molar-refractivity contribution in [3.05, 3.63) is 152 Å². The summed E-state index contributed by atoms with van der Waals surface area (Å²) in [7, 11) is -3.14. The lowest BCUT2D eigenvalue weighted by Crippen LogP contribution is -2.20. The minimum absolute atomic E-state index is 0.513. The molecule has 0 amide bonds. The van der Waals surface area contributed by atoms with Crippen molar-refractivity contribution in [3.63, 3.8) is 0 Å². The fraction of sp³-hybridized carbons (Fsp3) is 0. The van der Waals surface area contributed by atoms with Gasteiger partial charge in [-0.2, -0.15) is 9.97 Å². The van der Waals surface area contributed by atoms with Crippen molar-refractivity contribution in [2.24, 2.45) is 0 Å². The van der Waals surface area contributed by atoms with Crippen LogP contribution in [0.15, 0.2) is 152 Å². The van der Waals surface area contributed by atoms with E-state index in [1.807, 2.05) is 115 Å². The van der Waals surface area contributed by atoms with Crippen molar-refractivity contribution < 1.29 is 4.57 Å². The average molecular weight is 597 g/mol. The van der Waals surface area contributed by atoms with Gasteiger partial charge in [-0.3, -0.25) is 4.57 Å². The van der Waals surface area contributed by atoms with E-state index in [0.29, 0.717) is 17.6 Å². The Kier molecular flexibility index (Phi) is 5.71. The normalized spacial score (nSPS) is 15.3. The highest BCUT2D eigenvalue weighted by Crippen LogP contribution is 2.53. The zero-order chi connectivity index (χ0) is 30.0. The van der Waals surface area contributed by atoms with Gasteiger partial charge in [0.05, 0.1) is 11.0 Å². The molecule has 212 valence electrons. The van der Waals surface area contributed by atoms with Crippen molar-refractivity contribution in [1.82, 2.24) is 19.5 Å². The maximum atomic E-state index is 15.4. The zero-order valence-electron chi connectivity index (χ0n) is 24.1. The van der Waals surface area contributed by atoms with Gasteiger partial charge in [-0.25, -0.2) is 4.98 Å². The number of para-hydroxylation sites is 1. The summed E-state index contributed by atoms with van der Waals surface area (Å²) in [5.41, 5.74) is 5.73. The summed E-state index contributed by atoms with van der Waals surface area (Å²) < 4.78 is 17.5. The summed E-state index contributed by atoms with van der Waals surface area (Å²) in [4.78, 5) is 15.1. The van der Waals surface area contributed by atoms with E-state index in [2.05, 4.69) is 41.0 Å². The molecular formula is C39H25N4OP. The van der Waals surface area contributed by atoms with Crippen molar-refractivity contribution >= 4 is 44.9 Å². The highest BCUT2D eigenvalue weighted by molar-refractivity contribution is 7.86. The third-order valence-electron chi connectivity index (χ3n) is 8.67. The largest absolute Gasteiger partial charge is 0.309 e. The van der Waals surface area contributed by atoms with Gasteiger partial charge in [0.15, 0.2) is 18.8 Å².